The lowest BCUT2D eigenvalue weighted by Gasteiger charge is -1.77. The van der Waals surface area contributed by atoms with Crippen molar-refractivity contribution in [2.24, 2.45) is 7.05 Å². The number of hydrogen-bond donors (Lipinski definition) is 1. The number of rotatable bonds is 0. The number of halogens is 1. The number of nitrogens with zero attached hydrogens (tertiary/aromatic N) is 2. The summed E-state index contributed by atoms with van der Waals surface area (Å²) < 4.78 is 1.68. The molecule has 0 spiro atoms. The summed E-state index contributed by atoms with van der Waals surface area (Å²) in [6.07, 6.45) is 3.06. The number of hydrogen-bond acceptors (Lipinski definition) is 2. The molecule has 1 heterocycles. The fourth-order valence-corrected chi connectivity index (χ4v) is 0.399. The van der Waals surface area contributed by atoms with E-state index in [0.29, 0.717) is 0 Å². The van der Waals surface area contributed by atoms with Crippen LogP contribution in [-0.2, 0) is 7.05 Å². The van der Waals surface area contributed by atoms with E-state index in [2.05, 4.69) is 4.98 Å². The second-order valence-electron chi connectivity index (χ2n) is 1.40. The zero-order valence-electron chi connectivity index (χ0n) is 4.40. The molecule has 0 saturated heterocycles. The summed E-state index contributed by atoms with van der Waals surface area (Å²) in [4.78, 5) is 3.53. The first-order valence-electron chi connectivity index (χ1n) is 1.96. The van der Waals surface area contributed by atoms with Gasteiger partial charge in [-0.25, -0.2) is 4.98 Å². The van der Waals surface area contributed by atoms with Crippen LogP contribution in [0.15, 0.2) is 12.5 Å². The summed E-state index contributed by atoms with van der Waals surface area (Å²) >= 11 is 0. The van der Waals surface area contributed by atoms with E-state index in [1.54, 1.807) is 11.6 Å². The molecular formula is C4H7ClN2O. The van der Waals surface area contributed by atoms with Crippen LogP contribution in [0.3, 0.4) is 0 Å². The third-order valence-corrected chi connectivity index (χ3v) is 0.691. The van der Waals surface area contributed by atoms with Crippen LogP contribution in [0.1, 0.15) is 0 Å². The number of aromatic nitrogens is 2. The van der Waals surface area contributed by atoms with E-state index in [1.165, 1.54) is 12.5 Å². The Labute approximate surface area is 53.4 Å². The predicted octanol–water partition coefficient (Wildman–Crippen LogP) is 0.547. The molecule has 0 aliphatic rings. The van der Waals surface area contributed by atoms with Crippen LogP contribution in [0.4, 0.5) is 0 Å². The molecule has 0 amide bonds. The summed E-state index contributed by atoms with van der Waals surface area (Å²) in [6, 6.07) is 0. The smallest absolute Gasteiger partial charge is 0.229 e. The van der Waals surface area contributed by atoms with E-state index < -0.39 is 0 Å². The van der Waals surface area contributed by atoms with Crippen molar-refractivity contribution in [3.8, 4) is 5.88 Å². The summed E-state index contributed by atoms with van der Waals surface area (Å²) in [5.41, 5.74) is 0. The van der Waals surface area contributed by atoms with Gasteiger partial charge in [0.15, 0.2) is 0 Å². The van der Waals surface area contributed by atoms with Crippen molar-refractivity contribution < 1.29 is 5.11 Å². The standard InChI is InChI=1S/C4H6N2O.ClH/c1-6-2-4(7)5-3-6;/h2-3,7H,1H3;1H. The Morgan fingerprint density at radius 3 is 2.50 bits per heavy atom. The molecule has 8 heavy (non-hydrogen) atoms. The van der Waals surface area contributed by atoms with Gasteiger partial charge in [0.05, 0.1) is 12.5 Å². The molecule has 0 unspecified atom stereocenters. The maximum Gasteiger partial charge on any atom is 0.229 e. The van der Waals surface area contributed by atoms with Gasteiger partial charge in [0.1, 0.15) is 0 Å². The van der Waals surface area contributed by atoms with Crippen molar-refractivity contribution in [3.63, 3.8) is 0 Å². The third kappa shape index (κ3) is 1.42. The Morgan fingerprint density at radius 1 is 1.75 bits per heavy atom. The van der Waals surface area contributed by atoms with E-state index in [-0.39, 0.29) is 18.3 Å². The minimum atomic E-state index is 0. The molecule has 0 aromatic carbocycles. The Balaban J connectivity index is 0.000000490. The van der Waals surface area contributed by atoms with Gasteiger partial charge in [-0.2, -0.15) is 0 Å². The van der Waals surface area contributed by atoms with Gasteiger partial charge in [-0.15, -0.1) is 12.4 Å². The first-order chi connectivity index (χ1) is 3.29. The molecule has 0 bridgehead atoms. The molecular weight excluding hydrogens is 128 g/mol. The minimum absolute atomic E-state index is 0. The summed E-state index contributed by atoms with van der Waals surface area (Å²) in [5, 5.41) is 8.52. The average Bonchev–Trinajstić information content (AvgIpc) is 1.87. The molecule has 1 rings (SSSR count). The molecule has 0 aliphatic carbocycles. The predicted molar refractivity (Wildman–Crippen MR) is 32.1 cm³/mol. The first kappa shape index (κ1) is 7.30. The van der Waals surface area contributed by atoms with E-state index in [0.717, 1.165) is 0 Å². The van der Waals surface area contributed by atoms with Crippen LogP contribution in [0, 0.1) is 0 Å². The highest BCUT2D eigenvalue weighted by Gasteiger charge is 1.84. The molecule has 0 saturated carbocycles. The highest BCUT2D eigenvalue weighted by Crippen LogP contribution is 1.97. The van der Waals surface area contributed by atoms with Crippen molar-refractivity contribution in [2.75, 3.05) is 0 Å². The molecule has 0 radical (unpaired) electrons. The molecule has 0 aliphatic heterocycles. The van der Waals surface area contributed by atoms with Crippen molar-refractivity contribution in [3.05, 3.63) is 12.5 Å². The zero-order valence-corrected chi connectivity index (χ0v) is 5.22. The lowest BCUT2D eigenvalue weighted by Crippen LogP contribution is -1.76. The number of aromatic hydroxyl groups is 1. The highest BCUT2D eigenvalue weighted by molar-refractivity contribution is 5.85. The molecule has 1 N–H and O–H groups in total. The van der Waals surface area contributed by atoms with Gasteiger partial charge in [-0.05, 0) is 0 Å². The van der Waals surface area contributed by atoms with Crippen LogP contribution in [-0.4, -0.2) is 14.7 Å². The van der Waals surface area contributed by atoms with Crippen molar-refractivity contribution >= 4 is 12.4 Å². The normalized spacial score (nSPS) is 8.12. The Bertz CT molecular complexity index is 146. The Morgan fingerprint density at radius 2 is 2.38 bits per heavy atom. The Kier molecular flexibility index (Phi) is 2.34. The summed E-state index contributed by atoms with van der Waals surface area (Å²) in [5.74, 6) is 0.0718. The molecule has 3 nitrogen and oxygen atoms in total. The van der Waals surface area contributed by atoms with Gasteiger partial charge in [0.25, 0.3) is 0 Å². The fourth-order valence-electron chi connectivity index (χ4n) is 0.399. The van der Waals surface area contributed by atoms with Gasteiger partial charge >= 0.3 is 0 Å². The lowest BCUT2D eigenvalue weighted by atomic mass is 10.8. The zero-order chi connectivity index (χ0) is 5.28. The molecule has 1 aromatic rings. The maximum atomic E-state index is 8.52. The number of imidazole rings is 1. The van der Waals surface area contributed by atoms with Gasteiger partial charge in [-0.1, -0.05) is 0 Å². The van der Waals surface area contributed by atoms with E-state index in [4.69, 9.17) is 5.11 Å². The second-order valence-corrected chi connectivity index (χ2v) is 1.40. The van der Waals surface area contributed by atoms with Crippen LogP contribution < -0.4 is 0 Å². The van der Waals surface area contributed by atoms with Crippen molar-refractivity contribution in [2.45, 2.75) is 0 Å². The van der Waals surface area contributed by atoms with Gasteiger partial charge in [0.2, 0.25) is 5.88 Å². The quantitative estimate of drug-likeness (QED) is 0.563. The SMILES string of the molecule is Cl.Cn1cnc(O)c1. The van der Waals surface area contributed by atoms with Crippen LogP contribution in [0.2, 0.25) is 0 Å². The largest absolute Gasteiger partial charge is 0.492 e. The molecule has 4 heteroatoms. The van der Waals surface area contributed by atoms with Crippen LogP contribution in [0.5, 0.6) is 5.88 Å². The first-order valence-corrected chi connectivity index (χ1v) is 1.96. The maximum absolute atomic E-state index is 8.52. The third-order valence-electron chi connectivity index (χ3n) is 0.691. The van der Waals surface area contributed by atoms with E-state index in [1.807, 2.05) is 0 Å². The van der Waals surface area contributed by atoms with Crippen LogP contribution >= 0.6 is 12.4 Å². The summed E-state index contributed by atoms with van der Waals surface area (Å²) in [7, 11) is 1.80. The fraction of sp³-hybridized carbons (Fsp3) is 0.250. The van der Waals surface area contributed by atoms with E-state index >= 15 is 0 Å². The molecule has 0 fully saturated rings. The molecule has 0 atom stereocenters. The van der Waals surface area contributed by atoms with Gasteiger partial charge < -0.3 is 9.67 Å². The van der Waals surface area contributed by atoms with Gasteiger partial charge in [0, 0.05) is 7.05 Å². The van der Waals surface area contributed by atoms with Crippen molar-refractivity contribution in [1.82, 2.24) is 9.55 Å². The van der Waals surface area contributed by atoms with Crippen molar-refractivity contribution in [1.29, 1.82) is 0 Å². The monoisotopic (exact) mass is 134 g/mol. The molecule has 46 valence electrons. The lowest BCUT2D eigenvalue weighted by molar-refractivity contribution is 0.456. The number of aryl methyl sites for hydroxylation is 1. The minimum Gasteiger partial charge on any atom is -0.492 e. The average molecular weight is 135 g/mol. The highest BCUT2D eigenvalue weighted by atomic mass is 35.5. The second kappa shape index (κ2) is 2.57. The summed E-state index contributed by atoms with van der Waals surface area (Å²) in [6.45, 7) is 0. The van der Waals surface area contributed by atoms with E-state index in [9.17, 15) is 0 Å². The van der Waals surface area contributed by atoms with Gasteiger partial charge in [-0.3, -0.25) is 0 Å². The molecule has 1 aromatic heterocycles. The Hall–Kier alpha value is -0.700. The van der Waals surface area contributed by atoms with Crippen LogP contribution in [0.25, 0.3) is 0 Å². The topological polar surface area (TPSA) is 38.0 Å².